The molecule has 1 heterocycles. The number of aliphatic hydroxyl groups is 1. The minimum Gasteiger partial charge on any atom is -0.391 e. The average Bonchev–Trinajstić information content (AvgIpc) is 2.09. The van der Waals surface area contributed by atoms with Gasteiger partial charge in [-0.15, -0.1) is 0 Å². The van der Waals surface area contributed by atoms with Crippen LogP contribution in [0.25, 0.3) is 0 Å². The molecule has 1 N–H and O–H groups in total. The topological polar surface area (TPSA) is 37.3 Å². The maximum atomic E-state index is 11.0. The van der Waals surface area contributed by atoms with Crippen molar-refractivity contribution in [2.24, 2.45) is 5.92 Å². The second-order valence-electron chi connectivity index (χ2n) is 2.65. The fourth-order valence-corrected chi connectivity index (χ4v) is 2.39. The minimum absolute atomic E-state index is 0.0949. The Morgan fingerprint density at radius 3 is 2.50 bits per heavy atom. The molecule has 10 heavy (non-hydrogen) atoms. The molecular formula is C7H12O2S. The van der Waals surface area contributed by atoms with E-state index >= 15 is 0 Å². The van der Waals surface area contributed by atoms with Crippen molar-refractivity contribution >= 4 is 16.9 Å². The number of carbonyl (C=O) groups is 1. The second-order valence-corrected chi connectivity index (χ2v) is 4.03. The van der Waals surface area contributed by atoms with Crippen LogP contribution in [0.5, 0.6) is 0 Å². The fourth-order valence-electron chi connectivity index (χ4n) is 1.22. The standard InChI is InChI=1S/C7H12O2S/c1-3-5-6(8)4(2)10-7(5)9/h4-6,8H,3H2,1-2H3/t4-,5?,6?/m1/s1. The molecule has 2 unspecified atom stereocenters. The molecule has 1 saturated heterocycles. The molecular weight excluding hydrogens is 148 g/mol. The third-order valence-corrected chi connectivity index (χ3v) is 3.12. The Kier molecular flexibility index (Phi) is 2.36. The third-order valence-electron chi connectivity index (χ3n) is 1.94. The number of aliphatic hydroxyl groups excluding tert-OH is 1. The molecule has 0 aliphatic carbocycles. The van der Waals surface area contributed by atoms with E-state index in [9.17, 15) is 9.90 Å². The quantitative estimate of drug-likeness (QED) is 0.622. The van der Waals surface area contributed by atoms with Crippen molar-refractivity contribution in [1.82, 2.24) is 0 Å². The van der Waals surface area contributed by atoms with E-state index in [1.54, 1.807) is 0 Å². The molecule has 0 aromatic carbocycles. The van der Waals surface area contributed by atoms with Crippen molar-refractivity contribution in [3.63, 3.8) is 0 Å². The van der Waals surface area contributed by atoms with E-state index in [2.05, 4.69) is 0 Å². The van der Waals surface area contributed by atoms with Crippen LogP contribution in [0.2, 0.25) is 0 Å². The lowest BCUT2D eigenvalue weighted by atomic mass is 10.00. The van der Waals surface area contributed by atoms with Crippen molar-refractivity contribution in [3.05, 3.63) is 0 Å². The Hall–Kier alpha value is -0.0200. The molecule has 1 rings (SSSR count). The van der Waals surface area contributed by atoms with Gasteiger partial charge in [0.1, 0.15) is 0 Å². The van der Waals surface area contributed by atoms with Gasteiger partial charge >= 0.3 is 0 Å². The molecule has 1 aliphatic rings. The maximum absolute atomic E-state index is 11.0. The Labute approximate surface area is 65.0 Å². The summed E-state index contributed by atoms with van der Waals surface area (Å²) in [5, 5.41) is 9.64. The first-order valence-corrected chi connectivity index (χ1v) is 4.43. The van der Waals surface area contributed by atoms with Crippen LogP contribution >= 0.6 is 11.8 Å². The van der Waals surface area contributed by atoms with Gasteiger partial charge < -0.3 is 5.11 Å². The van der Waals surface area contributed by atoms with Crippen LogP contribution in [0, 0.1) is 5.92 Å². The smallest absolute Gasteiger partial charge is 0.194 e. The molecule has 0 amide bonds. The van der Waals surface area contributed by atoms with Gasteiger partial charge in [-0.3, -0.25) is 4.79 Å². The highest BCUT2D eigenvalue weighted by Gasteiger charge is 2.38. The van der Waals surface area contributed by atoms with Gasteiger partial charge in [-0.05, 0) is 6.42 Å². The first-order chi connectivity index (χ1) is 4.66. The van der Waals surface area contributed by atoms with Gasteiger partial charge in [0, 0.05) is 5.25 Å². The Morgan fingerprint density at radius 1 is 1.70 bits per heavy atom. The van der Waals surface area contributed by atoms with Crippen LogP contribution < -0.4 is 0 Å². The second kappa shape index (κ2) is 2.93. The molecule has 58 valence electrons. The number of carbonyl (C=O) groups excluding carboxylic acids is 1. The van der Waals surface area contributed by atoms with E-state index in [0.717, 1.165) is 6.42 Å². The molecule has 0 aromatic heterocycles. The lowest BCUT2D eigenvalue weighted by Gasteiger charge is -2.10. The van der Waals surface area contributed by atoms with Crippen LogP contribution in [-0.4, -0.2) is 21.6 Å². The monoisotopic (exact) mass is 160 g/mol. The van der Waals surface area contributed by atoms with Crippen molar-refractivity contribution in [2.45, 2.75) is 31.6 Å². The summed E-state index contributed by atoms with van der Waals surface area (Å²) in [5.41, 5.74) is 0. The van der Waals surface area contributed by atoms with Crippen molar-refractivity contribution in [1.29, 1.82) is 0 Å². The Bertz CT molecular complexity index is 147. The van der Waals surface area contributed by atoms with Crippen LogP contribution in [0.3, 0.4) is 0 Å². The largest absolute Gasteiger partial charge is 0.391 e. The molecule has 1 aliphatic heterocycles. The van der Waals surface area contributed by atoms with Crippen molar-refractivity contribution in [2.75, 3.05) is 0 Å². The summed E-state index contributed by atoms with van der Waals surface area (Å²) in [5.74, 6) is -0.111. The van der Waals surface area contributed by atoms with E-state index in [4.69, 9.17) is 0 Å². The number of hydrogen-bond donors (Lipinski definition) is 1. The summed E-state index contributed by atoms with van der Waals surface area (Å²) in [4.78, 5) is 11.0. The van der Waals surface area contributed by atoms with Gasteiger partial charge in [0.2, 0.25) is 0 Å². The van der Waals surface area contributed by atoms with Crippen LogP contribution in [0.1, 0.15) is 20.3 Å². The summed E-state index contributed by atoms with van der Waals surface area (Å²) in [6.45, 7) is 3.83. The van der Waals surface area contributed by atoms with Crippen LogP contribution in [0.15, 0.2) is 0 Å². The summed E-state index contributed by atoms with van der Waals surface area (Å²) < 4.78 is 0. The predicted molar refractivity (Wildman–Crippen MR) is 41.8 cm³/mol. The molecule has 0 bridgehead atoms. The van der Waals surface area contributed by atoms with Gasteiger partial charge in [0.05, 0.1) is 12.0 Å². The lowest BCUT2D eigenvalue weighted by Crippen LogP contribution is -2.23. The third kappa shape index (κ3) is 1.20. The molecule has 3 atom stereocenters. The van der Waals surface area contributed by atoms with Gasteiger partial charge in [-0.25, -0.2) is 0 Å². The SMILES string of the molecule is CCC1C(=O)S[C@H](C)C1O. The first kappa shape index (κ1) is 8.08. The zero-order valence-corrected chi connectivity index (χ0v) is 7.02. The number of hydrogen-bond acceptors (Lipinski definition) is 3. The normalized spacial score (nSPS) is 40.7. The Morgan fingerprint density at radius 2 is 2.30 bits per heavy atom. The summed E-state index contributed by atoms with van der Waals surface area (Å²) in [6, 6.07) is 0. The van der Waals surface area contributed by atoms with Crippen LogP contribution in [-0.2, 0) is 4.79 Å². The van der Waals surface area contributed by atoms with Crippen molar-refractivity contribution < 1.29 is 9.90 Å². The molecule has 2 nitrogen and oxygen atoms in total. The highest BCUT2D eigenvalue weighted by atomic mass is 32.2. The number of rotatable bonds is 1. The minimum atomic E-state index is -0.414. The summed E-state index contributed by atoms with van der Waals surface area (Å²) in [6.07, 6.45) is 0.347. The molecule has 0 radical (unpaired) electrons. The van der Waals surface area contributed by atoms with Gasteiger partial charge in [0.15, 0.2) is 5.12 Å². The van der Waals surface area contributed by atoms with Gasteiger partial charge in [-0.1, -0.05) is 25.6 Å². The Balaban J connectivity index is 2.64. The zero-order valence-electron chi connectivity index (χ0n) is 6.20. The molecule has 0 saturated carbocycles. The van der Waals surface area contributed by atoms with Crippen molar-refractivity contribution in [3.8, 4) is 0 Å². The van der Waals surface area contributed by atoms with E-state index < -0.39 is 6.10 Å². The first-order valence-electron chi connectivity index (χ1n) is 3.55. The number of thioether (sulfide) groups is 1. The average molecular weight is 160 g/mol. The van der Waals surface area contributed by atoms with Crippen LogP contribution in [0.4, 0.5) is 0 Å². The molecule has 3 heteroatoms. The van der Waals surface area contributed by atoms with E-state index in [0.29, 0.717) is 0 Å². The molecule has 0 aromatic rings. The fraction of sp³-hybridized carbons (Fsp3) is 0.857. The predicted octanol–water partition coefficient (Wildman–Crippen LogP) is 1.04. The molecule has 0 spiro atoms. The van der Waals surface area contributed by atoms with E-state index in [1.807, 2.05) is 13.8 Å². The lowest BCUT2D eigenvalue weighted by molar-refractivity contribution is -0.116. The van der Waals surface area contributed by atoms with E-state index in [-0.39, 0.29) is 16.3 Å². The highest BCUT2D eigenvalue weighted by Crippen LogP contribution is 2.34. The van der Waals surface area contributed by atoms with Gasteiger partial charge in [0.25, 0.3) is 0 Å². The van der Waals surface area contributed by atoms with Gasteiger partial charge in [-0.2, -0.15) is 0 Å². The van der Waals surface area contributed by atoms with E-state index in [1.165, 1.54) is 11.8 Å². The zero-order chi connectivity index (χ0) is 7.72. The maximum Gasteiger partial charge on any atom is 0.194 e. The summed E-state index contributed by atoms with van der Waals surface area (Å²) >= 11 is 1.27. The molecule has 1 fully saturated rings. The summed E-state index contributed by atoms with van der Waals surface area (Å²) in [7, 11) is 0. The highest BCUT2D eigenvalue weighted by molar-refractivity contribution is 8.14.